The van der Waals surface area contributed by atoms with Crippen LogP contribution in [0.2, 0.25) is 0 Å². The Morgan fingerprint density at radius 3 is 2.33 bits per heavy atom. The van der Waals surface area contributed by atoms with Gasteiger partial charge in [-0.1, -0.05) is 40.2 Å². The minimum atomic E-state index is -4.65. The highest BCUT2D eigenvalue weighted by Gasteiger charge is 2.43. The van der Waals surface area contributed by atoms with Crippen molar-refractivity contribution in [2.75, 3.05) is 7.11 Å². The van der Waals surface area contributed by atoms with E-state index in [1.807, 2.05) is 0 Å². The zero-order valence-electron chi connectivity index (χ0n) is 9.37. The minimum absolute atomic E-state index is 0.566. The molecule has 0 fully saturated rings. The fraction of sp³-hybridized carbons (Fsp3) is 0.250. The van der Waals surface area contributed by atoms with E-state index in [0.29, 0.717) is 5.56 Å². The number of esters is 1. The lowest BCUT2D eigenvalue weighted by Crippen LogP contribution is -2.29. The van der Waals surface area contributed by atoms with Crippen LogP contribution in [-0.4, -0.2) is 19.3 Å². The van der Waals surface area contributed by atoms with E-state index < -0.39 is 18.1 Å². The van der Waals surface area contributed by atoms with Gasteiger partial charge >= 0.3 is 12.1 Å². The lowest BCUT2D eigenvalue weighted by Gasteiger charge is -2.13. The van der Waals surface area contributed by atoms with Gasteiger partial charge in [0.1, 0.15) is 0 Å². The van der Waals surface area contributed by atoms with Gasteiger partial charge in [0.05, 0.1) is 7.11 Å². The van der Waals surface area contributed by atoms with Crippen LogP contribution in [0.15, 0.2) is 34.8 Å². The maximum absolute atomic E-state index is 12.6. The first-order chi connectivity index (χ1) is 8.34. The van der Waals surface area contributed by atoms with E-state index in [1.165, 1.54) is 6.08 Å². The maximum atomic E-state index is 12.6. The molecular formula is C12H10BrF3O2. The van der Waals surface area contributed by atoms with Crippen molar-refractivity contribution >= 4 is 28.0 Å². The van der Waals surface area contributed by atoms with Gasteiger partial charge in [0.15, 0.2) is 5.92 Å². The molecular weight excluding hydrogens is 313 g/mol. The molecule has 0 aromatic heterocycles. The second kappa shape index (κ2) is 6.04. The molecule has 1 rings (SSSR count). The van der Waals surface area contributed by atoms with Crippen molar-refractivity contribution in [1.29, 1.82) is 0 Å². The Morgan fingerprint density at radius 2 is 1.89 bits per heavy atom. The molecule has 2 nitrogen and oxygen atoms in total. The summed E-state index contributed by atoms with van der Waals surface area (Å²) in [7, 11) is 0.925. The highest BCUT2D eigenvalue weighted by Crippen LogP contribution is 2.29. The van der Waals surface area contributed by atoms with E-state index in [9.17, 15) is 18.0 Å². The van der Waals surface area contributed by atoms with E-state index in [0.717, 1.165) is 17.7 Å². The zero-order chi connectivity index (χ0) is 13.8. The van der Waals surface area contributed by atoms with Crippen LogP contribution in [0.4, 0.5) is 13.2 Å². The number of hydrogen-bond acceptors (Lipinski definition) is 2. The number of halogens is 4. The fourth-order valence-electron chi connectivity index (χ4n) is 1.23. The summed E-state index contributed by atoms with van der Waals surface area (Å²) in [5, 5.41) is 0. The Balaban J connectivity index is 2.90. The maximum Gasteiger partial charge on any atom is 0.405 e. The molecule has 6 heteroatoms. The molecule has 0 N–H and O–H groups in total. The van der Waals surface area contributed by atoms with E-state index in [1.54, 1.807) is 24.3 Å². The Morgan fingerprint density at radius 1 is 1.33 bits per heavy atom. The van der Waals surface area contributed by atoms with E-state index >= 15 is 0 Å². The molecule has 0 aliphatic rings. The fourth-order valence-corrected chi connectivity index (χ4v) is 1.49. The Hall–Kier alpha value is -1.30. The molecule has 0 saturated carbocycles. The average Bonchev–Trinajstić information content (AvgIpc) is 2.29. The summed E-state index contributed by atoms with van der Waals surface area (Å²) in [5.74, 6) is -3.57. The van der Waals surface area contributed by atoms with Crippen molar-refractivity contribution in [2.24, 2.45) is 5.92 Å². The summed E-state index contributed by atoms with van der Waals surface area (Å²) >= 11 is 3.21. The second-order valence-corrected chi connectivity index (χ2v) is 4.37. The molecule has 0 heterocycles. The van der Waals surface area contributed by atoms with Gasteiger partial charge in [-0.05, 0) is 17.7 Å². The molecule has 18 heavy (non-hydrogen) atoms. The molecule has 0 spiro atoms. The second-order valence-electron chi connectivity index (χ2n) is 3.45. The summed E-state index contributed by atoms with van der Waals surface area (Å²) in [6, 6.07) is 6.65. The van der Waals surface area contributed by atoms with Crippen molar-refractivity contribution in [3.05, 3.63) is 40.4 Å². The molecule has 0 saturated heterocycles. The standard InChI is InChI=1S/C12H10BrF3O2/c1-18-11(17)10(12(14,15)16)7-4-8-2-5-9(13)6-3-8/h2-7,10H,1H3/b7-4-. The van der Waals surface area contributed by atoms with Crippen LogP contribution in [-0.2, 0) is 9.53 Å². The van der Waals surface area contributed by atoms with Crippen molar-refractivity contribution in [2.45, 2.75) is 6.18 Å². The van der Waals surface area contributed by atoms with Crippen molar-refractivity contribution in [3.8, 4) is 0 Å². The van der Waals surface area contributed by atoms with Gasteiger partial charge in [0.25, 0.3) is 0 Å². The van der Waals surface area contributed by atoms with Crippen LogP contribution < -0.4 is 0 Å². The SMILES string of the molecule is COC(=O)C(/C=C\c1ccc(Br)cc1)C(F)(F)F. The van der Waals surface area contributed by atoms with Crippen LogP contribution in [0.25, 0.3) is 6.08 Å². The Bertz CT molecular complexity index is 438. The van der Waals surface area contributed by atoms with Crippen molar-refractivity contribution in [1.82, 2.24) is 0 Å². The van der Waals surface area contributed by atoms with Crippen LogP contribution in [0, 0.1) is 5.92 Å². The third kappa shape index (κ3) is 4.18. The topological polar surface area (TPSA) is 26.3 Å². The first-order valence-corrected chi connectivity index (χ1v) is 5.72. The first kappa shape index (κ1) is 14.8. The lowest BCUT2D eigenvalue weighted by molar-refractivity contribution is -0.186. The minimum Gasteiger partial charge on any atom is -0.468 e. The third-order valence-corrected chi connectivity index (χ3v) is 2.69. The largest absolute Gasteiger partial charge is 0.468 e. The summed E-state index contributed by atoms with van der Waals surface area (Å²) in [6.45, 7) is 0. The number of carbonyl (C=O) groups excluding carboxylic acids is 1. The quantitative estimate of drug-likeness (QED) is 0.791. The molecule has 0 bridgehead atoms. The van der Waals surface area contributed by atoms with E-state index in [2.05, 4.69) is 20.7 Å². The molecule has 1 aromatic rings. The highest BCUT2D eigenvalue weighted by atomic mass is 79.9. The zero-order valence-corrected chi connectivity index (χ0v) is 11.0. The molecule has 0 aliphatic heterocycles. The first-order valence-electron chi connectivity index (χ1n) is 4.93. The number of methoxy groups -OCH3 is 1. The third-order valence-electron chi connectivity index (χ3n) is 2.16. The smallest absolute Gasteiger partial charge is 0.405 e. The van der Waals surface area contributed by atoms with Gasteiger partial charge in [0.2, 0.25) is 0 Å². The van der Waals surface area contributed by atoms with E-state index in [-0.39, 0.29) is 0 Å². The summed E-state index contributed by atoms with van der Waals surface area (Å²) in [5.41, 5.74) is 0.566. The average molecular weight is 323 g/mol. The molecule has 0 aliphatic carbocycles. The number of ether oxygens (including phenoxy) is 1. The van der Waals surface area contributed by atoms with Gasteiger partial charge in [0, 0.05) is 4.47 Å². The monoisotopic (exact) mass is 322 g/mol. The summed E-state index contributed by atoms with van der Waals surface area (Å²) < 4.78 is 42.6. The molecule has 1 unspecified atom stereocenters. The van der Waals surface area contributed by atoms with Crippen LogP contribution in [0.5, 0.6) is 0 Å². The van der Waals surface area contributed by atoms with Gasteiger partial charge < -0.3 is 4.74 Å². The molecule has 0 radical (unpaired) electrons. The molecule has 1 atom stereocenters. The van der Waals surface area contributed by atoms with Crippen molar-refractivity contribution < 1.29 is 22.7 Å². The highest BCUT2D eigenvalue weighted by molar-refractivity contribution is 9.10. The molecule has 0 amide bonds. The summed E-state index contributed by atoms with van der Waals surface area (Å²) in [4.78, 5) is 11.0. The normalized spacial score (nSPS) is 13.6. The summed E-state index contributed by atoms with van der Waals surface area (Å²) in [6.07, 6.45) is -2.63. The lowest BCUT2D eigenvalue weighted by atomic mass is 10.1. The van der Waals surface area contributed by atoms with Gasteiger partial charge in [-0.2, -0.15) is 13.2 Å². The Labute approximate surface area is 111 Å². The molecule has 98 valence electrons. The number of alkyl halides is 3. The van der Waals surface area contributed by atoms with Crippen molar-refractivity contribution in [3.63, 3.8) is 0 Å². The Kier molecular flexibility index (Phi) is 4.95. The van der Waals surface area contributed by atoms with E-state index in [4.69, 9.17) is 0 Å². The van der Waals surface area contributed by atoms with Crippen LogP contribution >= 0.6 is 15.9 Å². The predicted molar refractivity (Wildman–Crippen MR) is 64.7 cm³/mol. The van der Waals surface area contributed by atoms with Gasteiger partial charge in [-0.3, -0.25) is 4.79 Å². The number of benzene rings is 1. The number of hydrogen-bond donors (Lipinski definition) is 0. The number of carbonyl (C=O) groups is 1. The predicted octanol–water partition coefficient (Wildman–Crippen LogP) is 3.81. The molecule has 1 aromatic carbocycles. The van der Waals surface area contributed by atoms with Gasteiger partial charge in [-0.25, -0.2) is 0 Å². The van der Waals surface area contributed by atoms with Crippen LogP contribution in [0.3, 0.4) is 0 Å². The van der Waals surface area contributed by atoms with Crippen LogP contribution in [0.1, 0.15) is 5.56 Å². The number of rotatable bonds is 3. The van der Waals surface area contributed by atoms with Gasteiger partial charge in [-0.15, -0.1) is 0 Å².